The van der Waals surface area contributed by atoms with Gasteiger partial charge >= 0.3 is 0 Å². The molecule has 0 fully saturated rings. The first-order chi connectivity index (χ1) is 8.72. The number of hydrogen-bond acceptors (Lipinski definition) is 3. The normalized spacial score (nSPS) is 12.2. The maximum Gasteiger partial charge on any atom is 0.119 e. The fourth-order valence-electron chi connectivity index (χ4n) is 1.88. The third kappa shape index (κ3) is 2.68. The van der Waals surface area contributed by atoms with Gasteiger partial charge in [0.25, 0.3) is 0 Å². The Balaban J connectivity index is 2.23. The number of nitrogens with zero attached hydrogens (tertiary/aromatic N) is 1. The van der Waals surface area contributed by atoms with Crippen molar-refractivity contribution in [1.82, 2.24) is 4.98 Å². The maximum atomic E-state index is 10.3. The molecule has 2 aromatic rings. The van der Waals surface area contributed by atoms with Gasteiger partial charge in [-0.05, 0) is 37.6 Å². The Kier molecular flexibility index (Phi) is 3.95. The highest BCUT2D eigenvalue weighted by Crippen LogP contribution is 2.25. The number of aliphatic hydroxyl groups excluding tert-OH is 1. The SMILES string of the molecule is CCOc1ccc(C(O)c2cccnc2C)cc1. The number of benzene rings is 1. The number of pyridine rings is 1. The van der Waals surface area contributed by atoms with Crippen LogP contribution >= 0.6 is 0 Å². The second-order valence-electron chi connectivity index (χ2n) is 4.08. The predicted octanol–water partition coefficient (Wildman–Crippen LogP) is 2.87. The Hall–Kier alpha value is -1.87. The van der Waals surface area contributed by atoms with Gasteiger partial charge in [-0.15, -0.1) is 0 Å². The van der Waals surface area contributed by atoms with E-state index >= 15 is 0 Å². The van der Waals surface area contributed by atoms with E-state index in [1.54, 1.807) is 6.20 Å². The van der Waals surface area contributed by atoms with E-state index in [4.69, 9.17) is 4.74 Å². The summed E-state index contributed by atoms with van der Waals surface area (Å²) in [5.74, 6) is 0.816. The summed E-state index contributed by atoms with van der Waals surface area (Å²) in [6, 6.07) is 11.2. The van der Waals surface area contributed by atoms with Crippen molar-refractivity contribution in [2.75, 3.05) is 6.61 Å². The van der Waals surface area contributed by atoms with E-state index < -0.39 is 6.10 Å². The third-order valence-electron chi connectivity index (χ3n) is 2.85. The van der Waals surface area contributed by atoms with E-state index in [9.17, 15) is 5.11 Å². The van der Waals surface area contributed by atoms with Crippen LogP contribution in [0.1, 0.15) is 29.8 Å². The maximum absolute atomic E-state index is 10.3. The smallest absolute Gasteiger partial charge is 0.119 e. The highest BCUT2D eigenvalue weighted by atomic mass is 16.5. The van der Waals surface area contributed by atoms with Crippen LogP contribution < -0.4 is 4.74 Å². The third-order valence-corrected chi connectivity index (χ3v) is 2.85. The molecule has 1 N–H and O–H groups in total. The monoisotopic (exact) mass is 243 g/mol. The Morgan fingerprint density at radius 3 is 2.56 bits per heavy atom. The lowest BCUT2D eigenvalue weighted by Crippen LogP contribution is -2.03. The lowest BCUT2D eigenvalue weighted by molar-refractivity contribution is 0.219. The standard InChI is InChI=1S/C15H17NO2/c1-3-18-13-8-6-12(7-9-13)15(17)14-5-4-10-16-11(14)2/h4-10,15,17H,3H2,1-2H3. The van der Waals surface area contributed by atoms with E-state index in [1.165, 1.54) is 0 Å². The zero-order chi connectivity index (χ0) is 13.0. The van der Waals surface area contributed by atoms with E-state index in [0.717, 1.165) is 22.6 Å². The van der Waals surface area contributed by atoms with Gasteiger partial charge in [0.1, 0.15) is 11.9 Å². The molecule has 1 aromatic carbocycles. The minimum atomic E-state index is -0.644. The van der Waals surface area contributed by atoms with Gasteiger partial charge in [0, 0.05) is 17.5 Å². The number of aromatic nitrogens is 1. The molecule has 0 bridgehead atoms. The minimum Gasteiger partial charge on any atom is -0.494 e. The first-order valence-corrected chi connectivity index (χ1v) is 6.04. The van der Waals surface area contributed by atoms with Crippen LogP contribution in [0.2, 0.25) is 0 Å². The largest absolute Gasteiger partial charge is 0.494 e. The number of rotatable bonds is 4. The lowest BCUT2D eigenvalue weighted by Gasteiger charge is -2.13. The van der Waals surface area contributed by atoms with E-state index in [2.05, 4.69) is 4.98 Å². The van der Waals surface area contributed by atoms with Crippen LogP contribution in [0.3, 0.4) is 0 Å². The molecule has 2 rings (SSSR count). The van der Waals surface area contributed by atoms with Crippen LogP contribution in [-0.4, -0.2) is 16.7 Å². The minimum absolute atomic E-state index is 0.642. The quantitative estimate of drug-likeness (QED) is 0.897. The van der Waals surface area contributed by atoms with Gasteiger partial charge in [-0.3, -0.25) is 4.98 Å². The predicted molar refractivity (Wildman–Crippen MR) is 70.6 cm³/mol. The fourth-order valence-corrected chi connectivity index (χ4v) is 1.88. The molecule has 0 spiro atoms. The summed E-state index contributed by atoms with van der Waals surface area (Å²) in [6.07, 6.45) is 1.08. The molecule has 18 heavy (non-hydrogen) atoms. The van der Waals surface area contributed by atoms with Gasteiger partial charge in [-0.1, -0.05) is 18.2 Å². The molecule has 1 atom stereocenters. The van der Waals surface area contributed by atoms with Crippen LogP contribution in [0.15, 0.2) is 42.6 Å². The van der Waals surface area contributed by atoms with Crippen molar-refractivity contribution in [3.05, 3.63) is 59.4 Å². The second-order valence-corrected chi connectivity index (χ2v) is 4.08. The van der Waals surface area contributed by atoms with Crippen LogP contribution in [0.25, 0.3) is 0 Å². The zero-order valence-electron chi connectivity index (χ0n) is 10.6. The molecule has 0 aliphatic heterocycles. The highest BCUT2D eigenvalue weighted by molar-refractivity contribution is 5.35. The van der Waals surface area contributed by atoms with Gasteiger partial charge in [0.15, 0.2) is 0 Å². The van der Waals surface area contributed by atoms with Crippen LogP contribution in [0.5, 0.6) is 5.75 Å². The van der Waals surface area contributed by atoms with Crippen molar-refractivity contribution >= 4 is 0 Å². The first-order valence-electron chi connectivity index (χ1n) is 6.04. The van der Waals surface area contributed by atoms with Crippen molar-refractivity contribution < 1.29 is 9.84 Å². The molecule has 0 aliphatic carbocycles. The van der Waals surface area contributed by atoms with Crippen molar-refractivity contribution in [3.8, 4) is 5.75 Å². The van der Waals surface area contributed by atoms with Crippen LogP contribution in [0, 0.1) is 6.92 Å². The lowest BCUT2D eigenvalue weighted by atomic mass is 10.0. The number of aryl methyl sites for hydroxylation is 1. The van der Waals surface area contributed by atoms with Crippen LogP contribution in [0.4, 0.5) is 0 Å². The summed E-state index contributed by atoms with van der Waals surface area (Å²) in [4.78, 5) is 4.19. The second kappa shape index (κ2) is 5.65. The molecule has 0 amide bonds. The summed E-state index contributed by atoms with van der Waals surface area (Å²) in [7, 11) is 0. The molecule has 0 saturated carbocycles. The van der Waals surface area contributed by atoms with Gasteiger partial charge in [-0.2, -0.15) is 0 Å². The van der Waals surface area contributed by atoms with Crippen molar-refractivity contribution in [3.63, 3.8) is 0 Å². The Morgan fingerprint density at radius 2 is 1.94 bits per heavy atom. The fraction of sp³-hybridized carbons (Fsp3) is 0.267. The molecular formula is C15H17NO2. The number of ether oxygens (including phenoxy) is 1. The summed E-state index contributed by atoms with van der Waals surface area (Å²) in [5.41, 5.74) is 2.52. The van der Waals surface area contributed by atoms with Gasteiger partial charge < -0.3 is 9.84 Å². The molecule has 1 aromatic heterocycles. The topological polar surface area (TPSA) is 42.4 Å². The van der Waals surface area contributed by atoms with E-state index in [1.807, 2.05) is 50.2 Å². The molecule has 0 radical (unpaired) electrons. The number of aliphatic hydroxyl groups is 1. The molecular weight excluding hydrogens is 226 g/mol. The average Bonchev–Trinajstić information content (AvgIpc) is 2.40. The zero-order valence-corrected chi connectivity index (χ0v) is 10.6. The van der Waals surface area contributed by atoms with Gasteiger partial charge in [0.05, 0.1) is 6.61 Å². The Labute approximate surface area is 107 Å². The molecule has 1 heterocycles. The van der Waals surface area contributed by atoms with Crippen molar-refractivity contribution in [2.45, 2.75) is 20.0 Å². The summed E-state index contributed by atoms with van der Waals surface area (Å²) in [5, 5.41) is 10.3. The highest BCUT2D eigenvalue weighted by Gasteiger charge is 2.12. The first kappa shape index (κ1) is 12.6. The molecule has 1 unspecified atom stereocenters. The van der Waals surface area contributed by atoms with Crippen LogP contribution in [-0.2, 0) is 0 Å². The summed E-state index contributed by atoms with van der Waals surface area (Å²) >= 11 is 0. The molecule has 3 nitrogen and oxygen atoms in total. The Morgan fingerprint density at radius 1 is 1.22 bits per heavy atom. The van der Waals surface area contributed by atoms with Crippen molar-refractivity contribution in [2.24, 2.45) is 0 Å². The summed E-state index contributed by atoms with van der Waals surface area (Å²) < 4.78 is 5.38. The molecule has 0 saturated heterocycles. The number of hydrogen-bond donors (Lipinski definition) is 1. The van der Waals surface area contributed by atoms with E-state index in [-0.39, 0.29) is 0 Å². The van der Waals surface area contributed by atoms with E-state index in [0.29, 0.717) is 6.61 Å². The Bertz CT molecular complexity index is 508. The van der Waals surface area contributed by atoms with Gasteiger partial charge in [0.2, 0.25) is 0 Å². The van der Waals surface area contributed by atoms with Crippen molar-refractivity contribution in [1.29, 1.82) is 0 Å². The molecule has 0 aliphatic rings. The molecule has 3 heteroatoms. The average molecular weight is 243 g/mol. The summed E-state index contributed by atoms with van der Waals surface area (Å²) in [6.45, 7) is 4.48. The van der Waals surface area contributed by atoms with Gasteiger partial charge in [-0.25, -0.2) is 0 Å². The molecule has 94 valence electrons.